The highest BCUT2D eigenvalue weighted by molar-refractivity contribution is 7.88. The number of hydrogen-bond acceptors (Lipinski definition) is 4. The third-order valence-corrected chi connectivity index (χ3v) is 5.24. The van der Waals surface area contributed by atoms with Gasteiger partial charge in [-0.3, -0.25) is 4.90 Å². The van der Waals surface area contributed by atoms with Gasteiger partial charge in [0.1, 0.15) is 6.10 Å². The van der Waals surface area contributed by atoms with E-state index in [4.69, 9.17) is 4.74 Å². The van der Waals surface area contributed by atoms with Crippen LogP contribution < -0.4 is 9.62 Å². The van der Waals surface area contributed by atoms with E-state index < -0.39 is 22.2 Å². The Bertz CT molecular complexity index is 852. The molecule has 7 heteroatoms. The van der Waals surface area contributed by atoms with E-state index in [2.05, 4.69) is 4.72 Å². The van der Waals surface area contributed by atoms with Crippen LogP contribution in [0.3, 0.4) is 0 Å². The molecule has 1 saturated heterocycles. The van der Waals surface area contributed by atoms with E-state index in [0.29, 0.717) is 12.1 Å². The SMILES string of the molecule is Cc1cccc(N2CC(CNS(=O)(=O)Cc3ccccc3)OC2=O)c1. The first-order valence-corrected chi connectivity index (χ1v) is 9.64. The molecular weight excluding hydrogens is 340 g/mol. The minimum atomic E-state index is -3.49. The molecule has 1 aliphatic rings. The molecule has 0 aromatic heterocycles. The lowest BCUT2D eigenvalue weighted by atomic mass is 10.2. The van der Waals surface area contributed by atoms with E-state index in [1.54, 1.807) is 24.3 Å². The summed E-state index contributed by atoms with van der Waals surface area (Å²) in [6, 6.07) is 16.5. The highest BCUT2D eigenvalue weighted by Gasteiger charge is 2.33. The Morgan fingerprint density at radius 3 is 2.64 bits per heavy atom. The summed E-state index contributed by atoms with van der Waals surface area (Å²) < 4.78 is 32.1. The Balaban J connectivity index is 1.58. The van der Waals surface area contributed by atoms with Gasteiger partial charge < -0.3 is 4.74 Å². The highest BCUT2D eigenvalue weighted by Crippen LogP contribution is 2.22. The van der Waals surface area contributed by atoms with Gasteiger partial charge in [-0.15, -0.1) is 0 Å². The average Bonchev–Trinajstić information content (AvgIpc) is 2.95. The predicted molar refractivity (Wildman–Crippen MR) is 95.9 cm³/mol. The maximum Gasteiger partial charge on any atom is 0.414 e. The van der Waals surface area contributed by atoms with E-state index in [1.165, 1.54) is 4.90 Å². The van der Waals surface area contributed by atoms with Crippen LogP contribution in [-0.4, -0.2) is 33.7 Å². The Labute approximate surface area is 147 Å². The van der Waals surface area contributed by atoms with Crippen LogP contribution in [0.5, 0.6) is 0 Å². The summed E-state index contributed by atoms with van der Waals surface area (Å²) in [5, 5.41) is 0. The first-order valence-electron chi connectivity index (χ1n) is 7.99. The number of cyclic esters (lactones) is 1. The lowest BCUT2D eigenvalue weighted by molar-refractivity contribution is 0.143. The molecule has 2 aromatic rings. The fourth-order valence-corrected chi connectivity index (χ4v) is 3.87. The van der Waals surface area contributed by atoms with Gasteiger partial charge in [-0.1, -0.05) is 42.5 Å². The van der Waals surface area contributed by atoms with E-state index >= 15 is 0 Å². The number of nitrogens with one attached hydrogen (secondary N) is 1. The normalized spacial score (nSPS) is 17.6. The fraction of sp³-hybridized carbons (Fsp3) is 0.278. The number of ether oxygens (including phenoxy) is 1. The number of hydrogen-bond donors (Lipinski definition) is 1. The van der Waals surface area contributed by atoms with Crippen LogP contribution in [0.1, 0.15) is 11.1 Å². The number of benzene rings is 2. The number of anilines is 1. The second-order valence-electron chi connectivity index (χ2n) is 6.05. The van der Waals surface area contributed by atoms with Gasteiger partial charge in [-0.2, -0.15) is 0 Å². The molecule has 1 N–H and O–H groups in total. The lowest BCUT2D eigenvalue weighted by Gasteiger charge is -2.13. The molecule has 25 heavy (non-hydrogen) atoms. The highest BCUT2D eigenvalue weighted by atomic mass is 32.2. The molecule has 2 aromatic carbocycles. The molecule has 6 nitrogen and oxygen atoms in total. The number of rotatable bonds is 6. The summed E-state index contributed by atoms with van der Waals surface area (Å²) >= 11 is 0. The zero-order valence-electron chi connectivity index (χ0n) is 13.9. The van der Waals surface area contributed by atoms with Crippen molar-refractivity contribution < 1.29 is 17.9 Å². The number of sulfonamides is 1. The molecule has 1 amide bonds. The van der Waals surface area contributed by atoms with E-state index in [9.17, 15) is 13.2 Å². The van der Waals surface area contributed by atoms with Crippen LogP contribution in [0.25, 0.3) is 0 Å². The number of carbonyl (C=O) groups is 1. The van der Waals surface area contributed by atoms with Gasteiger partial charge in [0, 0.05) is 12.2 Å². The fourth-order valence-electron chi connectivity index (χ4n) is 2.70. The Morgan fingerprint density at radius 2 is 1.92 bits per heavy atom. The predicted octanol–water partition coefficient (Wildman–Crippen LogP) is 2.44. The van der Waals surface area contributed by atoms with Gasteiger partial charge in [0.25, 0.3) is 0 Å². The average molecular weight is 360 g/mol. The zero-order chi connectivity index (χ0) is 17.9. The van der Waals surface area contributed by atoms with Gasteiger partial charge in [0.05, 0.1) is 12.3 Å². The van der Waals surface area contributed by atoms with Crippen molar-refractivity contribution in [1.29, 1.82) is 0 Å². The van der Waals surface area contributed by atoms with E-state index in [0.717, 1.165) is 11.3 Å². The first kappa shape index (κ1) is 17.4. The summed E-state index contributed by atoms with van der Waals surface area (Å²) in [5.41, 5.74) is 2.50. The van der Waals surface area contributed by atoms with Gasteiger partial charge in [-0.25, -0.2) is 17.9 Å². The van der Waals surface area contributed by atoms with E-state index in [1.807, 2.05) is 37.3 Å². The van der Waals surface area contributed by atoms with Crippen molar-refractivity contribution in [3.8, 4) is 0 Å². The molecule has 1 atom stereocenters. The molecule has 0 saturated carbocycles. The van der Waals surface area contributed by atoms with Crippen molar-refractivity contribution in [1.82, 2.24) is 4.72 Å². The second kappa shape index (κ2) is 7.25. The molecule has 1 fully saturated rings. The van der Waals surface area contributed by atoms with Crippen molar-refractivity contribution in [2.75, 3.05) is 18.0 Å². The smallest absolute Gasteiger partial charge is 0.414 e. The van der Waals surface area contributed by atoms with Crippen LogP contribution in [0.4, 0.5) is 10.5 Å². The number of nitrogens with zero attached hydrogens (tertiary/aromatic N) is 1. The molecule has 0 bridgehead atoms. The quantitative estimate of drug-likeness (QED) is 0.858. The zero-order valence-corrected chi connectivity index (χ0v) is 14.7. The maximum absolute atomic E-state index is 12.2. The van der Waals surface area contributed by atoms with Crippen LogP contribution >= 0.6 is 0 Å². The van der Waals surface area contributed by atoms with Crippen LogP contribution in [0.15, 0.2) is 54.6 Å². The minimum Gasteiger partial charge on any atom is -0.443 e. The summed E-state index contributed by atoms with van der Waals surface area (Å²) in [4.78, 5) is 13.6. The molecule has 1 aliphatic heterocycles. The molecule has 0 radical (unpaired) electrons. The number of aryl methyl sites for hydroxylation is 1. The number of carbonyl (C=O) groups excluding carboxylic acids is 1. The molecule has 0 aliphatic carbocycles. The van der Waals surface area contributed by atoms with Gasteiger partial charge in [0.15, 0.2) is 0 Å². The molecular formula is C18H20N2O4S. The monoisotopic (exact) mass is 360 g/mol. The van der Waals surface area contributed by atoms with Gasteiger partial charge in [0.2, 0.25) is 10.0 Å². The largest absolute Gasteiger partial charge is 0.443 e. The second-order valence-corrected chi connectivity index (χ2v) is 7.86. The Hall–Kier alpha value is -2.38. The molecule has 132 valence electrons. The third-order valence-electron chi connectivity index (χ3n) is 3.92. The van der Waals surface area contributed by atoms with Crippen LogP contribution in [-0.2, 0) is 20.5 Å². The van der Waals surface area contributed by atoms with Crippen LogP contribution in [0.2, 0.25) is 0 Å². The Kier molecular flexibility index (Phi) is 5.06. The van der Waals surface area contributed by atoms with Crippen molar-refractivity contribution in [2.45, 2.75) is 18.8 Å². The maximum atomic E-state index is 12.2. The number of amides is 1. The topological polar surface area (TPSA) is 75.7 Å². The summed E-state index contributed by atoms with van der Waals surface area (Å²) in [6.45, 7) is 2.32. The summed E-state index contributed by atoms with van der Waals surface area (Å²) in [5.74, 6) is -0.101. The van der Waals surface area contributed by atoms with Crippen LogP contribution in [0, 0.1) is 6.92 Å². The molecule has 0 spiro atoms. The van der Waals surface area contributed by atoms with Crippen molar-refractivity contribution in [2.24, 2.45) is 0 Å². The Morgan fingerprint density at radius 1 is 1.16 bits per heavy atom. The van der Waals surface area contributed by atoms with Gasteiger partial charge >= 0.3 is 6.09 Å². The third kappa shape index (κ3) is 4.58. The van der Waals surface area contributed by atoms with Crippen molar-refractivity contribution in [3.63, 3.8) is 0 Å². The van der Waals surface area contributed by atoms with E-state index in [-0.39, 0.29) is 12.3 Å². The first-order chi connectivity index (χ1) is 11.9. The van der Waals surface area contributed by atoms with Gasteiger partial charge in [-0.05, 0) is 30.2 Å². The molecule has 1 unspecified atom stereocenters. The summed E-state index contributed by atoms with van der Waals surface area (Å²) in [6.07, 6.45) is -0.976. The standard InChI is InChI=1S/C18H20N2O4S/c1-14-6-5-9-16(10-14)20-12-17(24-18(20)21)11-19-25(22,23)13-15-7-3-2-4-8-15/h2-10,17,19H,11-13H2,1H3. The molecule has 1 heterocycles. The summed E-state index contributed by atoms with van der Waals surface area (Å²) in [7, 11) is -3.49. The van der Waals surface area contributed by atoms with Crippen molar-refractivity contribution >= 4 is 21.8 Å². The minimum absolute atomic E-state index is 0.0588. The van der Waals surface area contributed by atoms with Crippen molar-refractivity contribution in [3.05, 3.63) is 65.7 Å². The molecule has 3 rings (SSSR count). The lowest BCUT2D eigenvalue weighted by Crippen LogP contribution is -2.35.